The number of aromatic hydroxyl groups is 1. The van der Waals surface area contributed by atoms with Crippen molar-refractivity contribution in [1.29, 1.82) is 0 Å². The fourth-order valence-electron chi connectivity index (χ4n) is 3.30. The van der Waals surface area contributed by atoms with E-state index in [1.54, 1.807) is 24.0 Å². The average Bonchev–Trinajstić information content (AvgIpc) is 2.92. The lowest BCUT2D eigenvalue weighted by Gasteiger charge is -2.35. The molecule has 1 aliphatic rings. The number of pyridine rings is 1. The Morgan fingerprint density at radius 1 is 1.12 bits per heavy atom. The third-order valence-electron chi connectivity index (χ3n) is 4.42. The molecule has 0 aliphatic carbocycles. The van der Waals surface area contributed by atoms with Crippen LogP contribution in [-0.4, -0.2) is 21.8 Å². The first kappa shape index (κ1) is 15.0. The van der Waals surface area contributed by atoms with Crippen LogP contribution in [0.25, 0.3) is 10.9 Å². The second-order valence-corrected chi connectivity index (χ2v) is 7.24. The Hall–Kier alpha value is -2.53. The Bertz CT molecular complexity index is 929. The van der Waals surface area contributed by atoms with Crippen molar-refractivity contribution in [2.24, 2.45) is 0 Å². The molecule has 0 bridgehead atoms. The predicted octanol–water partition coefficient (Wildman–Crippen LogP) is 3.89. The molecule has 1 atom stereocenters. The second kappa shape index (κ2) is 5.53. The van der Waals surface area contributed by atoms with Crippen molar-refractivity contribution in [2.75, 3.05) is 10.7 Å². The number of hydrogen-bond acceptors (Lipinski definition) is 4. The van der Waals surface area contributed by atoms with Crippen molar-refractivity contribution < 1.29 is 9.90 Å². The minimum Gasteiger partial charge on any atom is -0.506 e. The van der Waals surface area contributed by atoms with Crippen molar-refractivity contribution in [3.8, 4) is 5.75 Å². The van der Waals surface area contributed by atoms with E-state index in [0.29, 0.717) is 11.3 Å². The van der Waals surface area contributed by atoms with E-state index in [0.717, 1.165) is 16.6 Å². The van der Waals surface area contributed by atoms with Crippen LogP contribution < -0.4 is 4.90 Å². The maximum atomic E-state index is 12.6. The Balaban J connectivity index is 1.95. The number of benzene rings is 2. The van der Waals surface area contributed by atoms with Gasteiger partial charge in [0, 0.05) is 17.3 Å². The lowest BCUT2D eigenvalue weighted by Crippen LogP contribution is -2.40. The minimum absolute atomic E-state index is 0.0822. The maximum Gasteiger partial charge on any atom is 0.238 e. The Labute approximate surface area is 144 Å². The van der Waals surface area contributed by atoms with Gasteiger partial charge in [-0.1, -0.05) is 30.3 Å². The molecule has 24 heavy (non-hydrogen) atoms. The summed E-state index contributed by atoms with van der Waals surface area (Å²) in [6.45, 7) is 2.05. The summed E-state index contributed by atoms with van der Waals surface area (Å²) in [5.41, 5.74) is 2.41. The topological polar surface area (TPSA) is 53.4 Å². The SMILES string of the molecule is CC1(c2ccc(O)c3ncccc23)SCC(=O)N1c1ccccc1. The van der Waals surface area contributed by atoms with Gasteiger partial charge in [-0.3, -0.25) is 14.7 Å². The normalized spacial score (nSPS) is 20.7. The molecule has 1 saturated heterocycles. The number of nitrogens with zero attached hydrogens (tertiary/aromatic N) is 2. The van der Waals surface area contributed by atoms with Crippen LogP contribution in [0.2, 0.25) is 0 Å². The molecule has 1 fully saturated rings. The number of para-hydroxylation sites is 1. The van der Waals surface area contributed by atoms with Crippen molar-refractivity contribution in [1.82, 2.24) is 4.98 Å². The zero-order valence-corrected chi connectivity index (χ0v) is 14.0. The van der Waals surface area contributed by atoms with Crippen LogP contribution in [0.15, 0.2) is 60.8 Å². The van der Waals surface area contributed by atoms with Gasteiger partial charge in [-0.15, -0.1) is 11.8 Å². The quantitative estimate of drug-likeness (QED) is 0.771. The van der Waals surface area contributed by atoms with E-state index in [1.165, 1.54) is 0 Å². The van der Waals surface area contributed by atoms with Gasteiger partial charge in [0.05, 0.1) is 5.75 Å². The van der Waals surface area contributed by atoms with Crippen molar-refractivity contribution in [3.63, 3.8) is 0 Å². The fraction of sp³-hybridized carbons (Fsp3) is 0.158. The number of anilines is 1. The highest BCUT2D eigenvalue weighted by molar-refractivity contribution is 8.01. The van der Waals surface area contributed by atoms with Crippen molar-refractivity contribution in [3.05, 3.63) is 66.4 Å². The smallest absolute Gasteiger partial charge is 0.238 e. The molecule has 1 aromatic heterocycles. The first-order valence-electron chi connectivity index (χ1n) is 7.70. The number of fused-ring (bicyclic) bond motifs is 1. The molecule has 1 unspecified atom stereocenters. The van der Waals surface area contributed by atoms with Gasteiger partial charge >= 0.3 is 0 Å². The lowest BCUT2D eigenvalue weighted by molar-refractivity contribution is -0.116. The number of phenols is 1. The highest BCUT2D eigenvalue weighted by Gasteiger charge is 2.45. The molecule has 120 valence electrons. The van der Waals surface area contributed by atoms with Crippen molar-refractivity contribution >= 4 is 34.3 Å². The number of rotatable bonds is 2. The Kier molecular flexibility index (Phi) is 3.46. The highest BCUT2D eigenvalue weighted by Crippen LogP contribution is 2.49. The van der Waals surface area contributed by atoms with Gasteiger partial charge < -0.3 is 5.11 Å². The molecule has 2 heterocycles. The molecule has 4 nitrogen and oxygen atoms in total. The van der Waals surface area contributed by atoms with Crippen LogP contribution in [0.3, 0.4) is 0 Å². The summed E-state index contributed by atoms with van der Waals surface area (Å²) < 4.78 is 0. The number of amides is 1. The van der Waals surface area contributed by atoms with Crippen molar-refractivity contribution in [2.45, 2.75) is 11.8 Å². The Morgan fingerprint density at radius 3 is 2.71 bits per heavy atom. The molecule has 0 saturated carbocycles. The van der Waals surface area contributed by atoms with Gasteiger partial charge in [0.25, 0.3) is 0 Å². The second-order valence-electron chi connectivity index (χ2n) is 5.87. The van der Waals surface area contributed by atoms with Crippen LogP contribution in [0.4, 0.5) is 5.69 Å². The summed E-state index contributed by atoms with van der Waals surface area (Å²) >= 11 is 1.60. The van der Waals surface area contributed by atoms with Gasteiger partial charge in [-0.25, -0.2) is 0 Å². The third-order valence-corrected chi connectivity index (χ3v) is 5.77. The van der Waals surface area contributed by atoms with E-state index >= 15 is 0 Å². The van der Waals surface area contributed by atoms with E-state index in [1.807, 2.05) is 60.4 Å². The zero-order chi connectivity index (χ0) is 16.7. The molecule has 1 aliphatic heterocycles. The third kappa shape index (κ3) is 2.16. The molecule has 0 radical (unpaired) electrons. The minimum atomic E-state index is -0.548. The Morgan fingerprint density at radius 2 is 1.92 bits per heavy atom. The molecule has 1 N–H and O–H groups in total. The van der Waals surface area contributed by atoms with Gasteiger partial charge in [-0.2, -0.15) is 0 Å². The molecular weight excluding hydrogens is 320 g/mol. The van der Waals surface area contributed by atoms with Crippen LogP contribution in [0.1, 0.15) is 12.5 Å². The number of carbonyl (C=O) groups excluding carboxylic acids is 1. The van der Waals surface area contributed by atoms with Gasteiger partial charge in [0.15, 0.2) is 0 Å². The molecule has 2 aromatic carbocycles. The first-order valence-corrected chi connectivity index (χ1v) is 8.69. The van der Waals surface area contributed by atoms with E-state index in [4.69, 9.17) is 0 Å². The summed E-state index contributed by atoms with van der Waals surface area (Å²) in [6, 6.07) is 17.0. The molecule has 3 aromatic rings. The number of thioether (sulfide) groups is 1. The number of hydrogen-bond donors (Lipinski definition) is 1. The van der Waals surface area contributed by atoms with E-state index in [2.05, 4.69) is 4.98 Å². The standard InChI is InChI=1S/C19H16N2O2S/c1-19(15-9-10-16(22)18-14(15)8-5-11-20-18)21(17(23)12-24-19)13-6-3-2-4-7-13/h2-11,22H,12H2,1H3. The summed E-state index contributed by atoms with van der Waals surface area (Å²) in [4.78, 5) is 18.2. The predicted molar refractivity (Wildman–Crippen MR) is 97.1 cm³/mol. The van der Waals surface area contributed by atoms with Crippen LogP contribution in [-0.2, 0) is 9.67 Å². The monoisotopic (exact) mass is 336 g/mol. The van der Waals surface area contributed by atoms with E-state index in [-0.39, 0.29) is 11.7 Å². The zero-order valence-electron chi connectivity index (χ0n) is 13.1. The number of phenolic OH excluding ortho intramolecular Hbond substituents is 1. The van der Waals surface area contributed by atoms with Crippen LogP contribution in [0, 0.1) is 0 Å². The summed E-state index contributed by atoms with van der Waals surface area (Å²) in [7, 11) is 0. The molecular formula is C19H16N2O2S. The van der Waals surface area contributed by atoms with Crippen LogP contribution in [0.5, 0.6) is 5.75 Å². The van der Waals surface area contributed by atoms with Gasteiger partial charge in [-0.05, 0) is 36.8 Å². The first-order chi connectivity index (χ1) is 11.6. The molecule has 4 rings (SSSR count). The van der Waals surface area contributed by atoms with Gasteiger partial charge in [0.1, 0.15) is 16.1 Å². The highest BCUT2D eigenvalue weighted by atomic mass is 32.2. The summed E-state index contributed by atoms with van der Waals surface area (Å²) in [5.74, 6) is 0.658. The van der Waals surface area contributed by atoms with Crippen LogP contribution >= 0.6 is 11.8 Å². The van der Waals surface area contributed by atoms with E-state index in [9.17, 15) is 9.90 Å². The summed E-state index contributed by atoms with van der Waals surface area (Å²) in [5, 5.41) is 11.0. The molecule has 5 heteroatoms. The largest absolute Gasteiger partial charge is 0.506 e. The number of carbonyl (C=O) groups is 1. The fourth-order valence-corrected chi connectivity index (χ4v) is 4.50. The van der Waals surface area contributed by atoms with E-state index < -0.39 is 4.87 Å². The molecule has 0 spiro atoms. The van der Waals surface area contributed by atoms with Gasteiger partial charge in [0.2, 0.25) is 5.91 Å². The average molecular weight is 336 g/mol. The lowest BCUT2D eigenvalue weighted by atomic mass is 9.99. The maximum absolute atomic E-state index is 12.6. The molecule has 1 amide bonds. The summed E-state index contributed by atoms with van der Waals surface area (Å²) in [6.07, 6.45) is 1.66. The number of aromatic nitrogens is 1.